The summed E-state index contributed by atoms with van der Waals surface area (Å²) in [6.45, 7) is 1.31. The van der Waals surface area contributed by atoms with Crippen molar-refractivity contribution >= 4 is 16.7 Å². The van der Waals surface area contributed by atoms with Crippen LogP contribution in [0.2, 0.25) is 0 Å². The predicted octanol–water partition coefficient (Wildman–Crippen LogP) is 1.61. The van der Waals surface area contributed by atoms with Crippen molar-refractivity contribution in [3.05, 3.63) is 46.3 Å². The lowest BCUT2D eigenvalue weighted by molar-refractivity contribution is 0.0920. The van der Waals surface area contributed by atoms with Crippen LogP contribution in [0.25, 0.3) is 10.8 Å². The number of halogens is 1. The van der Waals surface area contributed by atoms with E-state index in [0.29, 0.717) is 11.9 Å². The van der Waals surface area contributed by atoms with E-state index in [1.54, 1.807) is 0 Å². The third-order valence-corrected chi connectivity index (χ3v) is 3.01. The highest BCUT2D eigenvalue weighted by Gasteiger charge is 2.12. The molecule has 1 N–H and O–H groups in total. The molecule has 112 valence electrons. The molecule has 0 saturated carbocycles. The van der Waals surface area contributed by atoms with E-state index in [4.69, 9.17) is 4.42 Å². The number of carbonyl (C=O) groups is 1. The first-order chi connectivity index (χ1) is 9.97. The van der Waals surface area contributed by atoms with Crippen LogP contribution in [0.4, 0.5) is 4.39 Å². The summed E-state index contributed by atoms with van der Waals surface area (Å²) in [4.78, 5) is 25.7. The molecule has 0 radical (unpaired) electrons. The summed E-state index contributed by atoms with van der Waals surface area (Å²) in [7, 11) is 3.89. The monoisotopic (exact) mass is 292 g/mol. The average Bonchev–Trinajstić information content (AvgIpc) is 2.42. The highest BCUT2D eigenvalue weighted by molar-refractivity contribution is 5.95. The van der Waals surface area contributed by atoms with Crippen molar-refractivity contribution in [1.82, 2.24) is 10.2 Å². The van der Waals surface area contributed by atoms with Crippen LogP contribution >= 0.6 is 0 Å². The molecular weight excluding hydrogens is 275 g/mol. The summed E-state index contributed by atoms with van der Waals surface area (Å²) in [5.74, 6) is -1.05. The highest BCUT2D eigenvalue weighted by Crippen LogP contribution is 2.13. The molecule has 0 aliphatic heterocycles. The summed E-state index contributed by atoms with van der Waals surface area (Å²) >= 11 is 0. The largest absolute Gasteiger partial charge is 0.417 e. The molecule has 0 saturated heterocycles. The molecule has 0 atom stereocenters. The lowest BCUT2D eigenvalue weighted by atomic mass is 10.1. The van der Waals surface area contributed by atoms with Gasteiger partial charge in [0.2, 0.25) is 0 Å². The van der Waals surface area contributed by atoms with Crippen molar-refractivity contribution in [2.45, 2.75) is 6.42 Å². The van der Waals surface area contributed by atoms with Gasteiger partial charge in [0.25, 0.3) is 5.91 Å². The Balaban J connectivity index is 2.14. The van der Waals surface area contributed by atoms with Crippen LogP contribution in [0.15, 0.2) is 33.5 Å². The normalized spacial score (nSPS) is 11.0. The number of hydrogen-bond donors (Lipinski definition) is 1. The SMILES string of the molecule is CN(C)CCCNC(=O)c1cc2cc(F)ccc2c(=O)o1. The average molecular weight is 292 g/mol. The van der Waals surface area contributed by atoms with Gasteiger partial charge in [0.15, 0.2) is 5.76 Å². The van der Waals surface area contributed by atoms with Crippen LogP contribution in [0.5, 0.6) is 0 Å². The lowest BCUT2D eigenvalue weighted by Crippen LogP contribution is -2.27. The Morgan fingerprint density at radius 2 is 2.10 bits per heavy atom. The van der Waals surface area contributed by atoms with Crippen LogP contribution in [-0.2, 0) is 0 Å². The number of nitrogens with one attached hydrogen (secondary N) is 1. The fraction of sp³-hybridized carbons (Fsp3) is 0.333. The van der Waals surface area contributed by atoms with Crippen molar-refractivity contribution in [2.75, 3.05) is 27.2 Å². The van der Waals surface area contributed by atoms with E-state index in [0.717, 1.165) is 13.0 Å². The van der Waals surface area contributed by atoms with E-state index in [1.165, 1.54) is 24.3 Å². The van der Waals surface area contributed by atoms with Crippen molar-refractivity contribution in [1.29, 1.82) is 0 Å². The number of fused-ring (bicyclic) bond motifs is 1. The summed E-state index contributed by atoms with van der Waals surface area (Å²) in [5, 5.41) is 3.27. The van der Waals surface area contributed by atoms with Crippen molar-refractivity contribution in [2.24, 2.45) is 0 Å². The van der Waals surface area contributed by atoms with E-state index in [1.807, 2.05) is 19.0 Å². The van der Waals surface area contributed by atoms with Gasteiger partial charge in [-0.15, -0.1) is 0 Å². The van der Waals surface area contributed by atoms with Crippen LogP contribution in [0, 0.1) is 5.82 Å². The number of carbonyl (C=O) groups excluding carboxylic acids is 1. The van der Waals surface area contributed by atoms with E-state index >= 15 is 0 Å². The van der Waals surface area contributed by atoms with Gasteiger partial charge in [-0.05, 0) is 56.7 Å². The van der Waals surface area contributed by atoms with Gasteiger partial charge in [0, 0.05) is 6.54 Å². The Morgan fingerprint density at radius 1 is 1.33 bits per heavy atom. The van der Waals surface area contributed by atoms with Gasteiger partial charge in [0.05, 0.1) is 5.39 Å². The van der Waals surface area contributed by atoms with E-state index < -0.39 is 17.3 Å². The number of rotatable bonds is 5. The van der Waals surface area contributed by atoms with Crippen molar-refractivity contribution in [3.63, 3.8) is 0 Å². The van der Waals surface area contributed by atoms with E-state index in [9.17, 15) is 14.0 Å². The molecule has 5 nitrogen and oxygen atoms in total. The maximum atomic E-state index is 13.2. The maximum Gasteiger partial charge on any atom is 0.344 e. The minimum atomic E-state index is -0.647. The van der Waals surface area contributed by atoms with Crippen LogP contribution in [-0.4, -0.2) is 38.0 Å². The van der Waals surface area contributed by atoms with Crippen molar-refractivity contribution in [3.8, 4) is 0 Å². The summed E-state index contributed by atoms with van der Waals surface area (Å²) in [5.41, 5.74) is -0.647. The second kappa shape index (κ2) is 6.49. The molecule has 2 rings (SSSR count). The van der Waals surface area contributed by atoms with Gasteiger partial charge in [-0.3, -0.25) is 4.79 Å². The van der Waals surface area contributed by atoms with E-state index in [-0.39, 0.29) is 11.1 Å². The van der Waals surface area contributed by atoms with Crippen molar-refractivity contribution < 1.29 is 13.6 Å². The second-order valence-electron chi connectivity index (χ2n) is 5.04. The third-order valence-electron chi connectivity index (χ3n) is 3.01. The predicted molar refractivity (Wildman–Crippen MR) is 77.9 cm³/mol. The second-order valence-corrected chi connectivity index (χ2v) is 5.04. The minimum absolute atomic E-state index is 0.108. The van der Waals surface area contributed by atoms with Gasteiger partial charge < -0.3 is 14.6 Å². The number of benzene rings is 1. The molecular formula is C15H17FN2O3. The zero-order chi connectivity index (χ0) is 15.4. The van der Waals surface area contributed by atoms with Gasteiger partial charge >= 0.3 is 5.63 Å². The van der Waals surface area contributed by atoms with Gasteiger partial charge in [-0.1, -0.05) is 0 Å². The molecule has 0 fully saturated rings. The van der Waals surface area contributed by atoms with Gasteiger partial charge in [-0.25, -0.2) is 9.18 Å². The molecule has 6 heteroatoms. The van der Waals surface area contributed by atoms with E-state index in [2.05, 4.69) is 5.32 Å². The zero-order valence-corrected chi connectivity index (χ0v) is 12.0. The first-order valence-electron chi connectivity index (χ1n) is 6.64. The van der Waals surface area contributed by atoms with Crippen LogP contribution in [0.1, 0.15) is 17.0 Å². The molecule has 1 aromatic heterocycles. The molecule has 0 spiro atoms. The molecule has 0 aliphatic rings. The summed E-state index contributed by atoms with van der Waals surface area (Å²) in [6.07, 6.45) is 0.783. The molecule has 2 aromatic rings. The first-order valence-corrected chi connectivity index (χ1v) is 6.64. The maximum absolute atomic E-state index is 13.2. The smallest absolute Gasteiger partial charge is 0.344 e. The summed E-state index contributed by atoms with van der Waals surface area (Å²) in [6, 6.07) is 5.10. The zero-order valence-electron chi connectivity index (χ0n) is 12.0. The molecule has 0 unspecified atom stereocenters. The molecule has 0 bridgehead atoms. The molecule has 1 aromatic carbocycles. The number of nitrogens with zero attached hydrogens (tertiary/aromatic N) is 1. The molecule has 1 heterocycles. The number of hydrogen-bond acceptors (Lipinski definition) is 4. The van der Waals surface area contributed by atoms with Crippen LogP contribution < -0.4 is 10.9 Å². The molecule has 0 aliphatic carbocycles. The highest BCUT2D eigenvalue weighted by atomic mass is 19.1. The fourth-order valence-electron chi connectivity index (χ4n) is 1.96. The van der Waals surface area contributed by atoms with Crippen LogP contribution in [0.3, 0.4) is 0 Å². The Kier molecular flexibility index (Phi) is 4.70. The standard InChI is InChI=1S/C15H17FN2O3/c1-18(2)7-3-6-17-14(19)13-9-10-8-11(16)4-5-12(10)15(20)21-13/h4-5,8-9H,3,6-7H2,1-2H3,(H,17,19). The molecule has 21 heavy (non-hydrogen) atoms. The molecule has 1 amide bonds. The Hall–Kier alpha value is -2.21. The Bertz CT molecular complexity index is 710. The first kappa shape index (κ1) is 15.2. The number of amides is 1. The Labute approximate surface area is 121 Å². The third kappa shape index (κ3) is 3.88. The minimum Gasteiger partial charge on any atom is -0.417 e. The van der Waals surface area contributed by atoms with Gasteiger partial charge in [0.1, 0.15) is 5.82 Å². The van der Waals surface area contributed by atoms with Gasteiger partial charge in [-0.2, -0.15) is 0 Å². The fourth-order valence-corrected chi connectivity index (χ4v) is 1.96. The Morgan fingerprint density at radius 3 is 2.81 bits per heavy atom. The quantitative estimate of drug-likeness (QED) is 0.851. The summed E-state index contributed by atoms with van der Waals surface area (Å²) < 4.78 is 18.2. The topological polar surface area (TPSA) is 62.6 Å². The lowest BCUT2D eigenvalue weighted by Gasteiger charge is -2.09.